The SMILES string of the molecule is CN=C(NCc1ncc(-c2ccccc2)[nH]1)N1CCN(c2ccccc2F)CC1. The Hall–Kier alpha value is -3.35. The zero-order valence-corrected chi connectivity index (χ0v) is 16.5. The van der Waals surface area contributed by atoms with Crippen LogP contribution in [-0.4, -0.2) is 54.1 Å². The number of anilines is 1. The van der Waals surface area contributed by atoms with Gasteiger partial charge in [0.15, 0.2) is 5.96 Å². The van der Waals surface area contributed by atoms with Crippen LogP contribution >= 0.6 is 0 Å². The third-order valence-electron chi connectivity index (χ3n) is 5.11. The van der Waals surface area contributed by atoms with Crippen LogP contribution in [0.4, 0.5) is 10.1 Å². The van der Waals surface area contributed by atoms with E-state index in [4.69, 9.17) is 0 Å². The largest absolute Gasteiger partial charge is 0.366 e. The molecule has 0 amide bonds. The minimum absolute atomic E-state index is 0.171. The Bertz CT molecular complexity index is 960. The lowest BCUT2D eigenvalue weighted by atomic mass is 10.2. The van der Waals surface area contributed by atoms with Crippen molar-refractivity contribution >= 4 is 11.6 Å². The summed E-state index contributed by atoms with van der Waals surface area (Å²) in [4.78, 5) is 16.5. The Labute approximate surface area is 170 Å². The molecule has 0 saturated carbocycles. The second kappa shape index (κ2) is 8.77. The summed E-state index contributed by atoms with van der Waals surface area (Å²) in [5.74, 6) is 1.52. The fraction of sp³-hybridized carbons (Fsp3) is 0.273. The number of piperazine rings is 1. The van der Waals surface area contributed by atoms with E-state index in [-0.39, 0.29) is 5.82 Å². The summed E-state index contributed by atoms with van der Waals surface area (Å²) in [6.45, 7) is 3.62. The third kappa shape index (κ3) is 4.39. The van der Waals surface area contributed by atoms with Gasteiger partial charge in [-0.3, -0.25) is 4.99 Å². The molecule has 3 aromatic rings. The van der Waals surface area contributed by atoms with Gasteiger partial charge in [0.2, 0.25) is 0 Å². The molecule has 0 radical (unpaired) electrons. The monoisotopic (exact) mass is 392 g/mol. The number of nitrogens with zero attached hydrogens (tertiary/aromatic N) is 4. The summed E-state index contributed by atoms with van der Waals surface area (Å²) < 4.78 is 14.0. The summed E-state index contributed by atoms with van der Waals surface area (Å²) in [6, 6.07) is 17.1. The first-order chi connectivity index (χ1) is 14.2. The van der Waals surface area contributed by atoms with Crippen LogP contribution in [0.5, 0.6) is 0 Å². The van der Waals surface area contributed by atoms with Gasteiger partial charge in [0.05, 0.1) is 24.1 Å². The predicted octanol–water partition coefficient (Wildman–Crippen LogP) is 3.11. The van der Waals surface area contributed by atoms with Gasteiger partial charge >= 0.3 is 0 Å². The molecule has 6 nitrogen and oxygen atoms in total. The molecule has 0 aliphatic carbocycles. The number of hydrogen-bond acceptors (Lipinski definition) is 3. The van der Waals surface area contributed by atoms with Gasteiger partial charge in [-0.1, -0.05) is 42.5 Å². The minimum Gasteiger partial charge on any atom is -0.366 e. The molecule has 0 atom stereocenters. The van der Waals surface area contributed by atoms with E-state index in [0.29, 0.717) is 12.2 Å². The Kier molecular flexibility index (Phi) is 5.74. The van der Waals surface area contributed by atoms with Gasteiger partial charge in [0.1, 0.15) is 11.6 Å². The van der Waals surface area contributed by atoms with Gasteiger partial charge in [-0.05, 0) is 17.7 Å². The van der Waals surface area contributed by atoms with Crippen molar-refractivity contribution in [2.45, 2.75) is 6.54 Å². The van der Waals surface area contributed by atoms with Gasteiger partial charge < -0.3 is 20.1 Å². The van der Waals surface area contributed by atoms with E-state index in [1.165, 1.54) is 6.07 Å². The smallest absolute Gasteiger partial charge is 0.194 e. The second-order valence-corrected chi connectivity index (χ2v) is 6.94. The second-order valence-electron chi connectivity index (χ2n) is 6.94. The number of benzene rings is 2. The molecule has 1 fully saturated rings. The molecule has 0 spiro atoms. The molecule has 1 aliphatic heterocycles. The molecule has 1 aromatic heterocycles. The molecular weight excluding hydrogens is 367 g/mol. The van der Waals surface area contributed by atoms with Crippen LogP contribution in [0, 0.1) is 5.82 Å². The van der Waals surface area contributed by atoms with Crippen molar-refractivity contribution in [3.05, 3.63) is 72.4 Å². The highest BCUT2D eigenvalue weighted by molar-refractivity contribution is 5.80. The van der Waals surface area contributed by atoms with Crippen molar-refractivity contribution in [1.29, 1.82) is 0 Å². The van der Waals surface area contributed by atoms with Crippen molar-refractivity contribution in [3.8, 4) is 11.3 Å². The number of guanidine groups is 1. The number of aromatic nitrogens is 2. The van der Waals surface area contributed by atoms with Crippen LogP contribution in [0.15, 0.2) is 65.8 Å². The number of aromatic amines is 1. The standard InChI is InChI=1S/C22H25FN6/c1-24-22(26-16-21-25-15-19(27-21)17-7-3-2-4-8-17)29-13-11-28(12-14-29)20-10-6-5-9-18(20)23/h2-10,15H,11-14,16H2,1H3,(H,24,26)(H,25,27). The van der Waals surface area contributed by atoms with E-state index in [2.05, 4.69) is 42.2 Å². The van der Waals surface area contributed by atoms with Gasteiger partial charge in [-0.25, -0.2) is 9.37 Å². The zero-order valence-electron chi connectivity index (χ0n) is 16.5. The molecule has 2 N–H and O–H groups in total. The molecule has 2 aromatic carbocycles. The number of para-hydroxylation sites is 1. The van der Waals surface area contributed by atoms with E-state index in [1.54, 1.807) is 13.1 Å². The topological polar surface area (TPSA) is 59.6 Å². The molecule has 0 unspecified atom stereocenters. The summed E-state index contributed by atoms with van der Waals surface area (Å²) in [7, 11) is 1.78. The number of aliphatic imine (C=N–C) groups is 1. The summed E-state index contributed by atoms with van der Waals surface area (Å²) in [6.07, 6.45) is 1.85. The van der Waals surface area contributed by atoms with Crippen LogP contribution in [0.2, 0.25) is 0 Å². The summed E-state index contributed by atoms with van der Waals surface area (Å²) >= 11 is 0. The maximum Gasteiger partial charge on any atom is 0.194 e. The Balaban J connectivity index is 1.33. The minimum atomic E-state index is -0.171. The molecule has 150 valence electrons. The Morgan fingerprint density at radius 1 is 1.07 bits per heavy atom. The van der Waals surface area contributed by atoms with Crippen molar-refractivity contribution in [2.24, 2.45) is 4.99 Å². The van der Waals surface area contributed by atoms with E-state index in [1.807, 2.05) is 36.5 Å². The van der Waals surface area contributed by atoms with Gasteiger partial charge in [0, 0.05) is 33.2 Å². The first kappa shape index (κ1) is 19.0. The fourth-order valence-electron chi connectivity index (χ4n) is 3.58. The summed E-state index contributed by atoms with van der Waals surface area (Å²) in [5, 5.41) is 3.38. The van der Waals surface area contributed by atoms with Crippen molar-refractivity contribution in [3.63, 3.8) is 0 Å². The van der Waals surface area contributed by atoms with Crippen LogP contribution in [0.1, 0.15) is 5.82 Å². The van der Waals surface area contributed by atoms with Gasteiger partial charge in [-0.15, -0.1) is 0 Å². The number of rotatable bonds is 4. The molecule has 2 heterocycles. The summed E-state index contributed by atoms with van der Waals surface area (Å²) in [5.41, 5.74) is 2.77. The van der Waals surface area contributed by atoms with E-state index < -0.39 is 0 Å². The van der Waals surface area contributed by atoms with Crippen LogP contribution in [0.25, 0.3) is 11.3 Å². The molecule has 0 bridgehead atoms. The Morgan fingerprint density at radius 2 is 1.79 bits per heavy atom. The van der Waals surface area contributed by atoms with Crippen molar-refractivity contribution < 1.29 is 4.39 Å². The highest BCUT2D eigenvalue weighted by atomic mass is 19.1. The Morgan fingerprint density at radius 3 is 2.52 bits per heavy atom. The quantitative estimate of drug-likeness (QED) is 0.529. The fourth-order valence-corrected chi connectivity index (χ4v) is 3.58. The maximum atomic E-state index is 14.0. The van der Waals surface area contributed by atoms with Crippen molar-refractivity contribution in [2.75, 3.05) is 38.1 Å². The number of H-pyrrole nitrogens is 1. The van der Waals surface area contributed by atoms with Crippen molar-refractivity contribution in [1.82, 2.24) is 20.2 Å². The lowest BCUT2D eigenvalue weighted by Gasteiger charge is -2.37. The van der Waals surface area contributed by atoms with E-state index >= 15 is 0 Å². The lowest BCUT2D eigenvalue weighted by molar-refractivity contribution is 0.370. The van der Waals surface area contributed by atoms with Crippen LogP contribution < -0.4 is 10.2 Å². The first-order valence-electron chi connectivity index (χ1n) is 9.79. The number of hydrogen-bond donors (Lipinski definition) is 2. The number of nitrogens with one attached hydrogen (secondary N) is 2. The molecular formula is C22H25FN6. The molecule has 7 heteroatoms. The predicted molar refractivity (Wildman–Crippen MR) is 114 cm³/mol. The van der Waals surface area contributed by atoms with Gasteiger partial charge in [-0.2, -0.15) is 0 Å². The highest BCUT2D eigenvalue weighted by Gasteiger charge is 2.21. The molecule has 1 saturated heterocycles. The zero-order chi connectivity index (χ0) is 20.1. The van der Waals surface area contributed by atoms with Crippen LogP contribution in [-0.2, 0) is 6.54 Å². The first-order valence-corrected chi connectivity index (χ1v) is 9.79. The van der Waals surface area contributed by atoms with E-state index in [9.17, 15) is 4.39 Å². The highest BCUT2D eigenvalue weighted by Crippen LogP contribution is 2.20. The van der Waals surface area contributed by atoms with Gasteiger partial charge in [0.25, 0.3) is 0 Å². The van der Waals surface area contributed by atoms with E-state index in [0.717, 1.165) is 49.2 Å². The average molecular weight is 392 g/mol. The lowest BCUT2D eigenvalue weighted by Crippen LogP contribution is -2.52. The molecule has 29 heavy (non-hydrogen) atoms. The molecule has 4 rings (SSSR count). The maximum absolute atomic E-state index is 14.0. The normalized spacial score (nSPS) is 14.9. The number of halogens is 1. The number of imidazole rings is 1. The third-order valence-corrected chi connectivity index (χ3v) is 5.11. The average Bonchev–Trinajstić information content (AvgIpc) is 3.25. The van der Waals surface area contributed by atoms with Crippen LogP contribution in [0.3, 0.4) is 0 Å². The molecule has 1 aliphatic rings.